The predicted octanol–water partition coefficient (Wildman–Crippen LogP) is 3.12. The summed E-state index contributed by atoms with van der Waals surface area (Å²) in [6.07, 6.45) is 4.01. The summed E-state index contributed by atoms with van der Waals surface area (Å²) in [5.41, 5.74) is 0.702. The molecule has 0 bridgehead atoms. The van der Waals surface area contributed by atoms with Crippen LogP contribution in [0.2, 0.25) is 0 Å². The van der Waals surface area contributed by atoms with Crippen LogP contribution in [0.1, 0.15) is 34.2 Å². The van der Waals surface area contributed by atoms with Crippen LogP contribution in [0, 0.1) is 0 Å². The molecule has 0 unspecified atom stereocenters. The molecule has 0 radical (unpaired) electrons. The van der Waals surface area contributed by atoms with Gasteiger partial charge in [-0.3, -0.25) is 14.3 Å². The van der Waals surface area contributed by atoms with Crippen molar-refractivity contribution in [3.8, 4) is 17.2 Å². The number of amides is 2. The summed E-state index contributed by atoms with van der Waals surface area (Å²) in [6, 6.07) is 9.92. The van der Waals surface area contributed by atoms with Gasteiger partial charge in [0.2, 0.25) is 0 Å². The van der Waals surface area contributed by atoms with Crippen LogP contribution >= 0.6 is 0 Å². The quantitative estimate of drug-likeness (QED) is 0.517. The summed E-state index contributed by atoms with van der Waals surface area (Å²) in [5, 5.41) is 6.93. The van der Waals surface area contributed by atoms with Crippen molar-refractivity contribution in [2.75, 3.05) is 32.1 Å². The lowest BCUT2D eigenvalue weighted by atomic mass is 10.2. The van der Waals surface area contributed by atoms with Crippen molar-refractivity contribution in [1.29, 1.82) is 0 Å². The molecule has 1 fully saturated rings. The van der Waals surface area contributed by atoms with Crippen LogP contribution in [0.25, 0.3) is 0 Å². The lowest BCUT2D eigenvalue weighted by molar-refractivity contribution is 0.0645. The van der Waals surface area contributed by atoms with E-state index in [0.29, 0.717) is 40.9 Å². The van der Waals surface area contributed by atoms with Crippen LogP contribution in [0.15, 0.2) is 48.8 Å². The fourth-order valence-electron chi connectivity index (χ4n) is 3.39. The number of carbonyl (C=O) groups is 2. The molecule has 1 aliphatic heterocycles. The maximum Gasteiger partial charge on any atom is 0.272 e. The first-order valence-electron chi connectivity index (χ1n) is 11.0. The molecule has 1 aliphatic rings. The van der Waals surface area contributed by atoms with Gasteiger partial charge in [-0.1, -0.05) is 0 Å². The average Bonchev–Trinajstić information content (AvgIpc) is 3.17. The molecular weight excluding hydrogens is 438 g/mol. The molecule has 4 rings (SSSR count). The Kier molecular flexibility index (Phi) is 7.07. The number of aromatic nitrogens is 3. The molecule has 1 aromatic carbocycles. The van der Waals surface area contributed by atoms with Crippen molar-refractivity contribution >= 4 is 17.6 Å². The second-order valence-electron chi connectivity index (χ2n) is 8.03. The largest absolute Gasteiger partial charge is 0.488 e. The Morgan fingerprint density at radius 3 is 2.53 bits per heavy atom. The van der Waals surface area contributed by atoms with E-state index in [9.17, 15) is 9.59 Å². The third-order valence-electron chi connectivity index (χ3n) is 5.17. The highest BCUT2D eigenvalue weighted by Gasteiger charge is 2.22. The van der Waals surface area contributed by atoms with Crippen LogP contribution < -0.4 is 14.8 Å². The van der Waals surface area contributed by atoms with E-state index in [1.54, 1.807) is 66.3 Å². The Morgan fingerprint density at radius 1 is 1.12 bits per heavy atom. The van der Waals surface area contributed by atoms with Gasteiger partial charge in [-0.2, -0.15) is 5.10 Å². The normalized spacial score (nSPS) is 13.7. The number of anilines is 1. The van der Waals surface area contributed by atoms with E-state index >= 15 is 0 Å². The zero-order valence-electron chi connectivity index (χ0n) is 19.4. The molecular formula is C24H27N5O5. The molecule has 0 aliphatic carbocycles. The zero-order valence-corrected chi connectivity index (χ0v) is 19.4. The Morgan fingerprint density at radius 2 is 1.91 bits per heavy atom. The summed E-state index contributed by atoms with van der Waals surface area (Å²) in [4.78, 5) is 31.2. The Hall–Kier alpha value is -3.92. The van der Waals surface area contributed by atoms with Gasteiger partial charge in [0.25, 0.3) is 11.8 Å². The molecule has 1 atom stereocenters. The number of carbonyl (C=O) groups excluding carboxylic acids is 2. The number of hydrogen-bond donors (Lipinski definition) is 1. The van der Waals surface area contributed by atoms with Gasteiger partial charge in [0, 0.05) is 51.1 Å². The second kappa shape index (κ2) is 10.3. The third kappa shape index (κ3) is 5.70. The van der Waals surface area contributed by atoms with Gasteiger partial charge < -0.3 is 24.4 Å². The van der Waals surface area contributed by atoms with E-state index in [0.717, 1.165) is 19.5 Å². The predicted molar refractivity (Wildman–Crippen MR) is 124 cm³/mol. The van der Waals surface area contributed by atoms with Gasteiger partial charge in [0.05, 0.1) is 12.8 Å². The fourth-order valence-corrected chi connectivity index (χ4v) is 3.39. The molecule has 1 saturated heterocycles. The molecule has 2 amide bonds. The van der Waals surface area contributed by atoms with Gasteiger partial charge in [-0.25, -0.2) is 4.98 Å². The molecule has 1 N–H and O–H groups in total. The smallest absolute Gasteiger partial charge is 0.272 e. The Bertz CT molecular complexity index is 1160. The number of likely N-dealkylation sites (tertiary alicyclic amines) is 1. The highest BCUT2D eigenvalue weighted by molar-refractivity contribution is 6.04. The summed E-state index contributed by atoms with van der Waals surface area (Å²) in [7, 11) is 3.36. The first-order chi connectivity index (χ1) is 16.4. The summed E-state index contributed by atoms with van der Waals surface area (Å²) in [5.74, 6) is 1.25. The number of ether oxygens (including phenoxy) is 3. The highest BCUT2D eigenvalue weighted by Crippen LogP contribution is 2.29. The van der Waals surface area contributed by atoms with Crippen LogP contribution in [0.3, 0.4) is 0 Å². The number of aryl methyl sites for hydroxylation is 1. The molecule has 0 spiro atoms. The lowest BCUT2D eigenvalue weighted by Crippen LogP contribution is -2.42. The number of nitrogens with zero attached hydrogens (tertiary/aromatic N) is 4. The molecule has 10 nitrogen and oxygen atoms in total. The maximum absolute atomic E-state index is 12.9. The molecule has 3 heterocycles. The summed E-state index contributed by atoms with van der Waals surface area (Å²) >= 11 is 0. The van der Waals surface area contributed by atoms with Gasteiger partial charge in [-0.15, -0.1) is 0 Å². The van der Waals surface area contributed by atoms with Crippen molar-refractivity contribution in [1.82, 2.24) is 19.7 Å². The number of hydrogen-bond acceptors (Lipinski definition) is 7. The van der Waals surface area contributed by atoms with Gasteiger partial charge in [-0.05, 0) is 37.6 Å². The number of nitrogens with one attached hydrogen (secondary N) is 1. The average molecular weight is 466 g/mol. The first kappa shape index (κ1) is 23.2. The van der Waals surface area contributed by atoms with Gasteiger partial charge in [0.1, 0.15) is 29.0 Å². The van der Waals surface area contributed by atoms with E-state index in [4.69, 9.17) is 14.2 Å². The first-order valence-corrected chi connectivity index (χ1v) is 11.0. The number of benzene rings is 1. The molecule has 2 aromatic heterocycles. The Balaban J connectivity index is 1.54. The van der Waals surface area contributed by atoms with E-state index in [1.165, 1.54) is 6.20 Å². The van der Waals surface area contributed by atoms with Gasteiger partial charge in [0.15, 0.2) is 5.82 Å². The summed E-state index contributed by atoms with van der Waals surface area (Å²) < 4.78 is 18.6. The van der Waals surface area contributed by atoms with Crippen molar-refractivity contribution in [2.24, 2.45) is 7.05 Å². The minimum Gasteiger partial charge on any atom is -0.488 e. The maximum atomic E-state index is 12.9. The third-order valence-corrected chi connectivity index (χ3v) is 5.17. The lowest BCUT2D eigenvalue weighted by Gasteiger charge is -2.30. The highest BCUT2D eigenvalue weighted by atomic mass is 16.5. The van der Waals surface area contributed by atoms with Crippen molar-refractivity contribution < 1.29 is 23.8 Å². The molecule has 0 saturated carbocycles. The topological polar surface area (TPSA) is 108 Å². The molecule has 3 aromatic rings. The zero-order chi connectivity index (χ0) is 24.1. The van der Waals surface area contributed by atoms with Crippen molar-refractivity contribution in [2.45, 2.75) is 19.4 Å². The Labute approximate surface area is 197 Å². The minimum atomic E-state index is -0.359. The number of rotatable bonds is 9. The van der Waals surface area contributed by atoms with E-state index < -0.39 is 0 Å². The molecule has 178 valence electrons. The minimum absolute atomic E-state index is 0.0891. The van der Waals surface area contributed by atoms with Crippen LogP contribution in [0.4, 0.5) is 5.82 Å². The van der Waals surface area contributed by atoms with E-state index in [2.05, 4.69) is 15.4 Å². The van der Waals surface area contributed by atoms with Crippen LogP contribution in [0.5, 0.6) is 17.2 Å². The van der Waals surface area contributed by atoms with Crippen LogP contribution in [-0.4, -0.2) is 64.4 Å². The SMILES string of the molecule is COC[C@H](C)Oc1cc(Oc2ccc(C(=O)N3CCC3)nc2)cc(C(=O)Nc2ccn(C)n2)c1. The van der Waals surface area contributed by atoms with E-state index in [1.807, 2.05) is 6.92 Å². The summed E-state index contributed by atoms with van der Waals surface area (Å²) in [6.45, 7) is 3.77. The molecule has 34 heavy (non-hydrogen) atoms. The van der Waals surface area contributed by atoms with Gasteiger partial charge >= 0.3 is 0 Å². The number of pyridine rings is 1. The second-order valence-corrected chi connectivity index (χ2v) is 8.03. The van der Waals surface area contributed by atoms with Crippen molar-refractivity contribution in [3.63, 3.8) is 0 Å². The fraction of sp³-hybridized carbons (Fsp3) is 0.333. The monoisotopic (exact) mass is 465 g/mol. The standard InChI is InChI=1S/C24H27N5O5/c1-16(15-32-3)33-19-11-17(23(30)26-22-7-10-28(2)27-22)12-20(13-19)34-18-5-6-21(25-14-18)24(31)29-8-4-9-29/h5-7,10-14,16H,4,8-9,15H2,1-3H3,(H,26,27,30)/t16-/m0/s1. The van der Waals surface area contributed by atoms with Crippen molar-refractivity contribution in [3.05, 3.63) is 60.0 Å². The number of methoxy groups -OCH3 is 1. The van der Waals surface area contributed by atoms with Crippen LogP contribution in [-0.2, 0) is 11.8 Å². The van der Waals surface area contributed by atoms with E-state index in [-0.39, 0.29) is 17.9 Å². The molecule has 10 heteroatoms.